The maximum Gasteiger partial charge on any atom is 0.335 e. The molecule has 5 nitrogen and oxygen atoms in total. The monoisotopic (exact) mass is 230 g/mol. The average Bonchev–Trinajstić information content (AvgIpc) is 2.77. The molecule has 1 aromatic carbocycles. The minimum atomic E-state index is -0.942. The van der Waals surface area contributed by atoms with Crippen molar-refractivity contribution in [2.24, 2.45) is 0 Å². The van der Waals surface area contributed by atoms with E-state index in [9.17, 15) is 9.59 Å². The molecule has 1 aromatic heterocycles. The molecule has 2 rings (SSSR count). The van der Waals surface area contributed by atoms with Crippen molar-refractivity contribution >= 4 is 12.3 Å². The number of aromatic carboxylic acids is 1. The standard InChI is InChI=1S/C12H10N2O3/c15-7-11-6-14(8-13-11)5-9-1-3-10(4-2-9)12(16)17/h1-4,6-8H,5H2,(H,16,17). The molecule has 0 aliphatic rings. The Morgan fingerprint density at radius 2 is 2.06 bits per heavy atom. The summed E-state index contributed by atoms with van der Waals surface area (Å²) in [5.74, 6) is -0.942. The second kappa shape index (κ2) is 4.61. The van der Waals surface area contributed by atoms with E-state index in [4.69, 9.17) is 5.11 Å². The lowest BCUT2D eigenvalue weighted by atomic mass is 10.1. The SMILES string of the molecule is O=Cc1cn(Cc2ccc(C(=O)O)cc2)cn1. The number of rotatable bonds is 4. The normalized spacial score (nSPS) is 10.1. The van der Waals surface area contributed by atoms with Crippen molar-refractivity contribution < 1.29 is 14.7 Å². The van der Waals surface area contributed by atoms with Gasteiger partial charge in [-0.25, -0.2) is 9.78 Å². The molecule has 0 fully saturated rings. The van der Waals surface area contributed by atoms with Gasteiger partial charge in [0.25, 0.3) is 0 Å². The number of aromatic nitrogens is 2. The molecule has 1 heterocycles. The van der Waals surface area contributed by atoms with E-state index in [2.05, 4.69) is 4.98 Å². The maximum atomic E-state index is 10.7. The maximum absolute atomic E-state index is 10.7. The lowest BCUT2D eigenvalue weighted by molar-refractivity contribution is 0.0696. The fraction of sp³-hybridized carbons (Fsp3) is 0.0833. The molecular weight excluding hydrogens is 220 g/mol. The highest BCUT2D eigenvalue weighted by molar-refractivity contribution is 5.87. The Morgan fingerprint density at radius 1 is 1.35 bits per heavy atom. The number of carbonyl (C=O) groups is 2. The largest absolute Gasteiger partial charge is 0.478 e. The highest BCUT2D eigenvalue weighted by Gasteiger charge is 2.02. The van der Waals surface area contributed by atoms with Crippen LogP contribution in [0.25, 0.3) is 0 Å². The molecule has 0 aliphatic carbocycles. The smallest absolute Gasteiger partial charge is 0.335 e. The third-order valence-corrected chi connectivity index (χ3v) is 2.34. The van der Waals surface area contributed by atoms with Crippen LogP contribution >= 0.6 is 0 Å². The molecule has 17 heavy (non-hydrogen) atoms. The highest BCUT2D eigenvalue weighted by Crippen LogP contribution is 2.07. The molecule has 0 aliphatic heterocycles. The van der Waals surface area contributed by atoms with Crippen LogP contribution in [-0.2, 0) is 6.54 Å². The van der Waals surface area contributed by atoms with E-state index in [0.29, 0.717) is 18.5 Å². The Labute approximate surface area is 97.3 Å². The summed E-state index contributed by atoms with van der Waals surface area (Å²) in [6, 6.07) is 6.58. The molecule has 0 spiro atoms. The van der Waals surface area contributed by atoms with E-state index in [1.54, 1.807) is 41.4 Å². The minimum absolute atomic E-state index is 0.257. The second-order valence-electron chi connectivity index (χ2n) is 3.59. The highest BCUT2D eigenvalue weighted by atomic mass is 16.4. The molecule has 0 saturated heterocycles. The minimum Gasteiger partial charge on any atom is -0.478 e. The molecule has 0 amide bonds. The van der Waals surface area contributed by atoms with Crippen LogP contribution in [-0.4, -0.2) is 26.9 Å². The number of carboxylic acids is 1. The first-order valence-corrected chi connectivity index (χ1v) is 4.98. The van der Waals surface area contributed by atoms with Gasteiger partial charge in [-0.05, 0) is 17.7 Å². The van der Waals surface area contributed by atoms with Gasteiger partial charge in [0.05, 0.1) is 11.9 Å². The van der Waals surface area contributed by atoms with E-state index in [-0.39, 0.29) is 5.56 Å². The summed E-state index contributed by atoms with van der Waals surface area (Å²) >= 11 is 0. The number of hydrogen-bond donors (Lipinski definition) is 1. The first-order valence-electron chi connectivity index (χ1n) is 4.98. The molecule has 0 atom stereocenters. The van der Waals surface area contributed by atoms with E-state index in [1.807, 2.05) is 0 Å². The van der Waals surface area contributed by atoms with Crippen molar-refractivity contribution in [2.75, 3.05) is 0 Å². The summed E-state index contributed by atoms with van der Waals surface area (Å²) in [6.45, 7) is 0.556. The van der Waals surface area contributed by atoms with E-state index >= 15 is 0 Å². The predicted octanol–water partition coefficient (Wildman–Crippen LogP) is 1.44. The topological polar surface area (TPSA) is 72.2 Å². The number of carbonyl (C=O) groups excluding carboxylic acids is 1. The number of benzene rings is 1. The molecule has 86 valence electrons. The second-order valence-corrected chi connectivity index (χ2v) is 3.59. The molecule has 0 bridgehead atoms. The third-order valence-electron chi connectivity index (χ3n) is 2.34. The predicted molar refractivity (Wildman–Crippen MR) is 60.1 cm³/mol. The molecule has 5 heteroatoms. The van der Waals surface area contributed by atoms with Crippen LogP contribution in [0.2, 0.25) is 0 Å². The zero-order valence-corrected chi connectivity index (χ0v) is 8.91. The average molecular weight is 230 g/mol. The number of imidazole rings is 1. The van der Waals surface area contributed by atoms with Crippen molar-refractivity contribution in [2.45, 2.75) is 6.54 Å². The Hall–Kier alpha value is -2.43. The van der Waals surface area contributed by atoms with E-state index in [1.165, 1.54) is 0 Å². The summed E-state index contributed by atoms with van der Waals surface area (Å²) in [6.07, 6.45) is 3.89. The lowest BCUT2D eigenvalue weighted by Crippen LogP contribution is -1.99. The molecule has 0 radical (unpaired) electrons. The van der Waals surface area contributed by atoms with Crippen LogP contribution in [0.1, 0.15) is 26.4 Å². The third kappa shape index (κ3) is 2.57. The first kappa shape index (κ1) is 11.1. The van der Waals surface area contributed by atoms with Crippen LogP contribution in [0.5, 0.6) is 0 Å². The Morgan fingerprint density at radius 3 is 2.59 bits per heavy atom. The zero-order chi connectivity index (χ0) is 12.3. The van der Waals surface area contributed by atoms with Gasteiger partial charge < -0.3 is 9.67 Å². The van der Waals surface area contributed by atoms with E-state index in [0.717, 1.165) is 5.56 Å². The van der Waals surface area contributed by atoms with E-state index < -0.39 is 5.97 Å². The van der Waals surface area contributed by atoms with Gasteiger partial charge in [0.2, 0.25) is 0 Å². The Kier molecular flexibility index (Phi) is 3.00. The van der Waals surface area contributed by atoms with Gasteiger partial charge in [-0.3, -0.25) is 4.79 Å². The lowest BCUT2D eigenvalue weighted by Gasteiger charge is -2.02. The van der Waals surface area contributed by atoms with Crippen LogP contribution in [0.15, 0.2) is 36.8 Å². The fourth-order valence-electron chi connectivity index (χ4n) is 1.49. The molecule has 0 unspecified atom stereocenters. The summed E-state index contributed by atoms with van der Waals surface area (Å²) in [5.41, 5.74) is 1.59. The van der Waals surface area contributed by atoms with Gasteiger partial charge in [0.1, 0.15) is 5.69 Å². The summed E-state index contributed by atoms with van der Waals surface area (Å²) in [5, 5.41) is 8.75. The summed E-state index contributed by atoms with van der Waals surface area (Å²) in [7, 11) is 0. The number of carboxylic acid groups (broad SMARTS) is 1. The quantitative estimate of drug-likeness (QED) is 0.807. The molecular formula is C12H10N2O3. The van der Waals surface area contributed by atoms with Crippen LogP contribution in [0, 0.1) is 0 Å². The molecule has 1 N–H and O–H groups in total. The zero-order valence-electron chi connectivity index (χ0n) is 8.91. The van der Waals surface area contributed by atoms with Crippen LogP contribution in [0.4, 0.5) is 0 Å². The van der Waals surface area contributed by atoms with Crippen molar-refractivity contribution in [3.05, 3.63) is 53.6 Å². The number of aldehydes is 1. The molecule has 2 aromatic rings. The van der Waals surface area contributed by atoms with Gasteiger partial charge in [-0.2, -0.15) is 0 Å². The summed E-state index contributed by atoms with van der Waals surface area (Å²) in [4.78, 5) is 25.0. The van der Waals surface area contributed by atoms with Crippen molar-refractivity contribution in [1.29, 1.82) is 0 Å². The number of nitrogens with zero attached hydrogens (tertiary/aromatic N) is 2. The first-order chi connectivity index (χ1) is 8.19. The molecule has 0 saturated carbocycles. The van der Waals surface area contributed by atoms with Crippen LogP contribution in [0.3, 0.4) is 0 Å². The number of hydrogen-bond acceptors (Lipinski definition) is 3. The van der Waals surface area contributed by atoms with Crippen molar-refractivity contribution in [3.8, 4) is 0 Å². The van der Waals surface area contributed by atoms with Gasteiger partial charge in [0, 0.05) is 12.7 Å². The Balaban J connectivity index is 2.13. The van der Waals surface area contributed by atoms with Gasteiger partial charge in [-0.1, -0.05) is 12.1 Å². The van der Waals surface area contributed by atoms with Gasteiger partial charge in [0.15, 0.2) is 6.29 Å². The van der Waals surface area contributed by atoms with Crippen LogP contribution < -0.4 is 0 Å². The van der Waals surface area contributed by atoms with Gasteiger partial charge in [-0.15, -0.1) is 0 Å². The van der Waals surface area contributed by atoms with Crippen molar-refractivity contribution in [3.63, 3.8) is 0 Å². The van der Waals surface area contributed by atoms with Crippen molar-refractivity contribution in [1.82, 2.24) is 9.55 Å². The summed E-state index contributed by atoms with van der Waals surface area (Å²) < 4.78 is 1.76. The fourth-order valence-corrected chi connectivity index (χ4v) is 1.49. The van der Waals surface area contributed by atoms with Gasteiger partial charge >= 0.3 is 5.97 Å². The Bertz CT molecular complexity index is 543.